The van der Waals surface area contributed by atoms with Crippen LogP contribution in [0.25, 0.3) is 4.96 Å². The van der Waals surface area contributed by atoms with E-state index in [0.717, 1.165) is 30.6 Å². The molecule has 0 aliphatic carbocycles. The van der Waals surface area contributed by atoms with Gasteiger partial charge in [-0.05, 0) is 31.2 Å². The smallest absolute Gasteiger partial charge is 0.278 e. The first-order chi connectivity index (χ1) is 14.0. The molecule has 0 saturated carbocycles. The number of nitrogens with zero attached hydrogens (tertiary/aromatic N) is 4. The van der Waals surface area contributed by atoms with Gasteiger partial charge in [0.25, 0.3) is 5.56 Å². The SMILES string of the molecule is Cc1nc2sc(N3CCCC3C(=O)NCc3ccccc3)nn2c(=O)c1C(C)C. The molecule has 3 aromatic rings. The summed E-state index contributed by atoms with van der Waals surface area (Å²) in [5.41, 5.74) is 2.39. The summed E-state index contributed by atoms with van der Waals surface area (Å²) in [7, 11) is 0. The molecule has 29 heavy (non-hydrogen) atoms. The minimum Gasteiger partial charge on any atom is -0.350 e. The van der Waals surface area contributed by atoms with Crippen molar-refractivity contribution in [3.8, 4) is 0 Å². The van der Waals surface area contributed by atoms with Crippen LogP contribution in [0.15, 0.2) is 35.1 Å². The van der Waals surface area contributed by atoms with Gasteiger partial charge in [0.2, 0.25) is 16.0 Å². The van der Waals surface area contributed by atoms with Gasteiger partial charge in [-0.15, -0.1) is 5.10 Å². The van der Waals surface area contributed by atoms with Crippen LogP contribution in [0.3, 0.4) is 0 Å². The van der Waals surface area contributed by atoms with Gasteiger partial charge < -0.3 is 10.2 Å². The van der Waals surface area contributed by atoms with Crippen LogP contribution in [0.4, 0.5) is 5.13 Å². The van der Waals surface area contributed by atoms with Gasteiger partial charge in [0.05, 0.1) is 0 Å². The van der Waals surface area contributed by atoms with Crippen molar-refractivity contribution in [1.82, 2.24) is 19.9 Å². The van der Waals surface area contributed by atoms with Gasteiger partial charge in [-0.3, -0.25) is 9.59 Å². The van der Waals surface area contributed by atoms with Crippen molar-refractivity contribution >= 4 is 27.3 Å². The number of hydrogen-bond donors (Lipinski definition) is 1. The number of aromatic nitrogens is 3. The Hall–Kier alpha value is -2.74. The molecule has 1 aliphatic heterocycles. The number of amides is 1. The largest absolute Gasteiger partial charge is 0.350 e. The zero-order valence-electron chi connectivity index (χ0n) is 16.9. The zero-order chi connectivity index (χ0) is 20.5. The van der Waals surface area contributed by atoms with Gasteiger partial charge >= 0.3 is 0 Å². The number of benzene rings is 1. The Balaban J connectivity index is 1.58. The summed E-state index contributed by atoms with van der Waals surface area (Å²) < 4.78 is 1.39. The lowest BCUT2D eigenvalue weighted by Gasteiger charge is -2.22. The van der Waals surface area contributed by atoms with Crippen molar-refractivity contribution in [2.75, 3.05) is 11.4 Å². The molecule has 1 unspecified atom stereocenters. The number of aryl methyl sites for hydroxylation is 1. The van der Waals surface area contributed by atoms with E-state index in [0.29, 0.717) is 22.2 Å². The number of fused-ring (bicyclic) bond motifs is 1. The van der Waals surface area contributed by atoms with Gasteiger partial charge in [0.15, 0.2) is 0 Å². The van der Waals surface area contributed by atoms with E-state index < -0.39 is 0 Å². The fraction of sp³-hybridized carbons (Fsp3) is 0.429. The molecule has 2 aromatic heterocycles. The monoisotopic (exact) mass is 411 g/mol. The Bertz CT molecular complexity index is 1090. The first-order valence-electron chi connectivity index (χ1n) is 9.94. The number of carbonyl (C=O) groups is 1. The average molecular weight is 412 g/mol. The lowest BCUT2D eigenvalue weighted by molar-refractivity contribution is -0.122. The summed E-state index contributed by atoms with van der Waals surface area (Å²) in [5, 5.41) is 8.24. The summed E-state index contributed by atoms with van der Waals surface area (Å²) in [6, 6.07) is 9.59. The number of carbonyl (C=O) groups excluding carboxylic acids is 1. The highest BCUT2D eigenvalue weighted by Gasteiger charge is 2.33. The van der Waals surface area contributed by atoms with Crippen LogP contribution in [-0.4, -0.2) is 33.1 Å². The molecule has 3 heterocycles. The molecule has 7 nitrogen and oxygen atoms in total. The minimum atomic E-state index is -0.277. The molecule has 1 aromatic carbocycles. The fourth-order valence-corrected chi connectivity index (χ4v) is 4.91. The maximum atomic E-state index is 12.9. The van der Waals surface area contributed by atoms with Gasteiger partial charge in [-0.1, -0.05) is 55.5 Å². The lowest BCUT2D eigenvalue weighted by Crippen LogP contribution is -2.43. The number of anilines is 1. The van der Waals surface area contributed by atoms with Crippen molar-refractivity contribution in [3.05, 3.63) is 57.5 Å². The summed E-state index contributed by atoms with van der Waals surface area (Å²) in [4.78, 5) is 32.8. The van der Waals surface area contributed by atoms with Gasteiger partial charge in [-0.2, -0.15) is 4.52 Å². The molecule has 4 rings (SSSR count). The number of nitrogens with one attached hydrogen (secondary N) is 1. The van der Waals surface area contributed by atoms with Crippen molar-refractivity contribution in [2.24, 2.45) is 0 Å². The molecular formula is C21H25N5O2S. The standard InChI is InChI=1S/C21H25N5O2S/c1-13(2)17-14(3)23-20-26(19(17)28)24-21(29-20)25-11-7-10-16(25)18(27)22-12-15-8-5-4-6-9-15/h4-6,8-9,13,16H,7,10-12H2,1-3H3,(H,22,27). The van der Waals surface area contributed by atoms with Crippen LogP contribution < -0.4 is 15.8 Å². The molecule has 1 aliphatic rings. The molecule has 8 heteroatoms. The summed E-state index contributed by atoms with van der Waals surface area (Å²) in [6.45, 7) is 7.08. The Morgan fingerprint density at radius 1 is 1.31 bits per heavy atom. The maximum absolute atomic E-state index is 12.9. The van der Waals surface area contributed by atoms with Crippen LogP contribution >= 0.6 is 11.3 Å². The first-order valence-corrected chi connectivity index (χ1v) is 10.8. The first kappa shape index (κ1) is 19.6. The second-order valence-corrected chi connectivity index (χ2v) is 8.64. The fourth-order valence-electron chi connectivity index (χ4n) is 3.90. The molecule has 1 fully saturated rings. The van der Waals surface area contributed by atoms with Crippen molar-refractivity contribution < 1.29 is 4.79 Å². The Kier molecular flexibility index (Phi) is 5.36. The van der Waals surface area contributed by atoms with Gasteiger partial charge in [0.1, 0.15) is 6.04 Å². The van der Waals surface area contributed by atoms with E-state index in [1.54, 1.807) is 0 Å². The molecule has 1 amide bonds. The average Bonchev–Trinajstić information content (AvgIpc) is 3.33. The van der Waals surface area contributed by atoms with Crippen molar-refractivity contribution in [2.45, 2.75) is 52.1 Å². The highest BCUT2D eigenvalue weighted by molar-refractivity contribution is 7.20. The normalized spacial score (nSPS) is 16.7. The molecule has 0 spiro atoms. The Morgan fingerprint density at radius 3 is 2.79 bits per heavy atom. The molecular weight excluding hydrogens is 386 g/mol. The van der Waals surface area contributed by atoms with Crippen LogP contribution in [0.1, 0.15) is 49.4 Å². The third kappa shape index (κ3) is 3.76. The van der Waals surface area contributed by atoms with Crippen LogP contribution in [0.5, 0.6) is 0 Å². The third-order valence-corrected chi connectivity index (χ3v) is 6.26. The third-order valence-electron chi connectivity index (χ3n) is 5.31. The predicted octanol–water partition coefficient (Wildman–Crippen LogP) is 2.87. The van der Waals surface area contributed by atoms with Crippen molar-refractivity contribution in [1.29, 1.82) is 0 Å². The Morgan fingerprint density at radius 2 is 2.07 bits per heavy atom. The lowest BCUT2D eigenvalue weighted by atomic mass is 10.0. The zero-order valence-corrected chi connectivity index (χ0v) is 17.7. The summed E-state index contributed by atoms with van der Waals surface area (Å²) in [5.74, 6) is 0.0744. The van der Waals surface area contributed by atoms with E-state index >= 15 is 0 Å². The molecule has 1 N–H and O–H groups in total. The van der Waals surface area contributed by atoms with E-state index in [1.165, 1.54) is 15.9 Å². The maximum Gasteiger partial charge on any atom is 0.278 e. The highest BCUT2D eigenvalue weighted by atomic mass is 32.1. The van der Waals surface area contributed by atoms with E-state index in [4.69, 9.17) is 0 Å². The molecule has 0 bridgehead atoms. The van der Waals surface area contributed by atoms with Crippen LogP contribution in [0.2, 0.25) is 0 Å². The highest BCUT2D eigenvalue weighted by Crippen LogP contribution is 2.29. The van der Waals surface area contributed by atoms with E-state index in [-0.39, 0.29) is 23.4 Å². The Labute approximate surface area is 173 Å². The molecule has 0 radical (unpaired) electrons. The van der Waals surface area contributed by atoms with Crippen molar-refractivity contribution in [3.63, 3.8) is 0 Å². The molecule has 1 atom stereocenters. The second-order valence-electron chi connectivity index (χ2n) is 7.70. The van der Waals surface area contributed by atoms with E-state index in [2.05, 4.69) is 15.4 Å². The topological polar surface area (TPSA) is 79.6 Å². The van der Waals surface area contributed by atoms with Crippen LogP contribution in [0, 0.1) is 6.92 Å². The summed E-state index contributed by atoms with van der Waals surface area (Å²) >= 11 is 1.37. The molecule has 1 saturated heterocycles. The summed E-state index contributed by atoms with van der Waals surface area (Å²) in [6.07, 6.45) is 1.69. The minimum absolute atomic E-state index is 0.00929. The number of rotatable bonds is 5. The quantitative estimate of drug-likeness (QED) is 0.698. The second kappa shape index (κ2) is 7.94. The van der Waals surface area contributed by atoms with E-state index in [9.17, 15) is 9.59 Å². The molecule has 152 valence electrons. The predicted molar refractivity (Wildman–Crippen MR) is 115 cm³/mol. The van der Waals surface area contributed by atoms with E-state index in [1.807, 2.05) is 56.0 Å². The van der Waals surface area contributed by atoms with Gasteiger partial charge in [0, 0.05) is 24.3 Å². The number of hydrogen-bond acceptors (Lipinski definition) is 6. The van der Waals surface area contributed by atoms with Gasteiger partial charge in [-0.25, -0.2) is 4.98 Å². The van der Waals surface area contributed by atoms with Crippen LogP contribution in [-0.2, 0) is 11.3 Å².